The molecule has 0 aromatic heterocycles. The smallest absolute Gasteiger partial charge is 0.224 e. The summed E-state index contributed by atoms with van der Waals surface area (Å²) in [6.45, 7) is 0.355. The molecule has 6 heteroatoms. The van der Waals surface area contributed by atoms with Crippen LogP contribution in [0.3, 0.4) is 0 Å². The fraction of sp³-hybridized carbons (Fsp3) is 0.467. The number of hydrogen-bond donors (Lipinski definition) is 0. The minimum Gasteiger partial charge on any atom is -0.493 e. The average Bonchev–Trinajstić information content (AvgIpc) is 2.86. The summed E-state index contributed by atoms with van der Waals surface area (Å²) < 4.78 is 15.8. The van der Waals surface area contributed by atoms with E-state index in [9.17, 15) is 4.79 Å². The first-order chi connectivity index (χ1) is 10.1. The number of nitrogens with zero attached hydrogens (tertiary/aromatic N) is 2. The number of carbonyl (C=O) groups excluding carboxylic acids is 1. The molecule has 0 bridgehead atoms. The van der Waals surface area contributed by atoms with Crippen LogP contribution in [0.5, 0.6) is 17.2 Å². The topological polar surface area (TPSA) is 71.8 Å². The van der Waals surface area contributed by atoms with E-state index in [0.717, 1.165) is 5.56 Å². The first-order valence-corrected chi connectivity index (χ1v) is 6.62. The predicted octanol–water partition coefficient (Wildman–Crippen LogP) is 1.73. The molecular weight excluding hydrogens is 272 g/mol. The summed E-state index contributed by atoms with van der Waals surface area (Å²) in [6, 6.07) is 5.38. The molecule has 0 spiro atoms. The maximum absolute atomic E-state index is 11.9. The third kappa shape index (κ3) is 2.87. The highest BCUT2D eigenvalue weighted by molar-refractivity contribution is 5.79. The first kappa shape index (κ1) is 15.0. The number of nitriles is 1. The quantitative estimate of drug-likeness (QED) is 0.825. The van der Waals surface area contributed by atoms with Crippen LogP contribution >= 0.6 is 0 Å². The molecule has 1 atom stereocenters. The number of hydrogen-bond acceptors (Lipinski definition) is 5. The summed E-state index contributed by atoms with van der Waals surface area (Å²) in [7, 11) is 4.62. The number of methoxy groups -OCH3 is 3. The third-order valence-electron chi connectivity index (χ3n) is 3.55. The van der Waals surface area contributed by atoms with Crippen molar-refractivity contribution in [1.82, 2.24) is 4.90 Å². The molecule has 1 aromatic rings. The molecule has 112 valence electrons. The highest BCUT2D eigenvalue weighted by Gasteiger charge is 2.31. The number of carbonyl (C=O) groups is 1. The van der Waals surface area contributed by atoms with Crippen molar-refractivity contribution in [1.29, 1.82) is 5.26 Å². The Morgan fingerprint density at radius 3 is 2.33 bits per heavy atom. The molecule has 0 aliphatic carbocycles. The van der Waals surface area contributed by atoms with Gasteiger partial charge in [0.05, 0.1) is 27.4 Å². The normalized spacial score (nSPS) is 17.5. The van der Waals surface area contributed by atoms with Gasteiger partial charge in [-0.3, -0.25) is 4.79 Å². The largest absolute Gasteiger partial charge is 0.493 e. The van der Waals surface area contributed by atoms with Gasteiger partial charge >= 0.3 is 0 Å². The fourth-order valence-corrected chi connectivity index (χ4v) is 2.49. The van der Waals surface area contributed by atoms with Crippen molar-refractivity contribution in [2.24, 2.45) is 0 Å². The molecule has 1 unspecified atom stereocenters. The zero-order chi connectivity index (χ0) is 15.4. The maximum Gasteiger partial charge on any atom is 0.224 e. The van der Waals surface area contributed by atoms with Crippen molar-refractivity contribution in [2.75, 3.05) is 21.3 Å². The van der Waals surface area contributed by atoms with Gasteiger partial charge in [-0.15, -0.1) is 0 Å². The predicted molar refractivity (Wildman–Crippen MR) is 75.3 cm³/mol. The zero-order valence-electron chi connectivity index (χ0n) is 12.4. The van der Waals surface area contributed by atoms with Crippen LogP contribution in [0, 0.1) is 11.3 Å². The molecule has 1 heterocycles. The van der Waals surface area contributed by atoms with Gasteiger partial charge in [-0.25, -0.2) is 0 Å². The molecule has 0 radical (unpaired) electrons. The summed E-state index contributed by atoms with van der Waals surface area (Å²) in [5.41, 5.74) is 0.833. The summed E-state index contributed by atoms with van der Waals surface area (Å²) in [6.07, 6.45) is 1.00. The van der Waals surface area contributed by atoms with Crippen LogP contribution in [-0.2, 0) is 11.3 Å². The SMILES string of the molecule is COc1cc(CN2C(=O)CCC2C#N)cc(OC)c1OC. The average molecular weight is 290 g/mol. The summed E-state index contributed by atoms with van der Waals surface area (Å²) in [5, 5.41) is 9.10. The lowest BCUT2D eigenvalue weighted by Gasteiger charge is -2.21. The van der Waals surface area contributed by atoms with Gasteiger partial charge in [-0.05, 0) is 24.1 Å². The van der Waals surface area contributed by atoms with Gasteiger partial charge < -0.3 is 19.1 Å². The number of rotatable bonds is 5. The van der Waals surface area contributed by atoms with Gasteiger partial charge in [-0.2, -0.15) is 5.26 Å². The van der Waals surface area contributed by atoms with E-state index in [2.05, 4.69) is 6.07 Å². The van der Waals surface area contributed by atoms with Crippen LogP contribution < -0.4 is 14.2 Å². The number of amides is 1. The molecular formula is C15H18N2O4. The van der Waals surface area contributed by atoms with E-state index >= 15 is 0 Å². The van der Waals surface area contributed by atoms with E-state index in [1.54, 1.807) is 31.3 Å². The minimum atomic E-state index is -0.364. The van der Waals surface area contributed by atoms with Crippen molar-refractivity contribution in [2.45, 2.75) is 25.4 Å². The molecule has 1 saturated heterocycles. The first-order valence-electron chi connectivity index (χ1n) is 6.62. The van der Waals surface area contributed by atoms with Crippen molar-refractivity contribution in [3.63, 3.8) is 0 Å². The lowest BCUT2D eigenvalue weighted by molar-refractivity contribution is -0.128. The number of benzene rings is 1. The van der Waals surface area contributed by atoms with E-state index in [-0.39, 0.29) is 11.9 Å². The second-order valence-electron chi connectivity index (χ2n) is 4.74. The van der Waals surface area contributed by atoms with Crippen LogP contribution in [0.25, 0.3) is 0 Å². The Kier molecular flexibility index (Phi) is 4.53. The van der Waals surface area contributed by atoms with Crippen molar-refractivity contribution in [3.8, 4) is 23.3 Å². The number of likely N-dealkylation sites (tertiary alicyclic amines) is 1. The van der Waals surface area contributed by atoms with E-state index in [0.29, 0.717) is 36.6 Å². The Balaban J connectivity index is 2.32. The van der Waals surface area contributed by atoms with Crippen molar-refractivity contribution >= 4 is 5.91 Å². The van der Waals surface area contributed by atoms with Gasteiger partial charge in [0.15, 0.2) is 11.5 Å². The molecule has 1 aliphatic rings. The Bertz CT molecular complexity index is 555. The van der Waals surface area contributed by atoms with Crippen molar-refractivity contribution in [3.05, 3.63) is 17.7 Å². The maximum atomic E-state index is 11.9. The zero-order valence-corrected chi connectivity index (χ0v) is 12.4. The summed E-state index contributed by atoms with van der Waals surface area (Å²) >= 11 is 0. The van der Waals surface area contributed by atoms with Gasteiger partial charge in [0.2, 0.25) is 11.7 Å². The highest BCUT2D eigenvalue weighted by Crippen LogP contribution is 2.38. The van der Waals surface area contributed by atoms with Crippen LogP contribution in [0.4, 0.5) is 0 Å². The van der Waals surface area contributed by atoms with Crippen LogP contribution in [0.15, 0.2) is 12.1 Å². The van der Waals surface area contributed by atoms with Crippen LogP contribution in [0.2, 0.25) is 0 Å². The minimum absolute atomic E-state index is 0.00435. The Morgan fingerprint density at radius 1 is 1.24 bits per heavy atom. The van der Waals surface area contributed by atoms with Gasteiger partial charge in [0.25, 0.3) is 0 Å². The van der Waals surface area contributed by atoms with E-state index in [1.807, 2.05) is 0 Å². The van der Waals surface area contributed by atoms with Gasteiger partial charge in [0, 0.05) is 13.0 Å². The fourth-order valence-electron chi connectivity index (χ4n) is 2.49. The Labute approximate surface area is 123 Å². The second kappa shape index (κ2) is 6.35. The molecule has 0 saturated carbocycles. The van der Waals surface area contributed by atoms with E-state index in [4.69, 9.17) is 19.5 Å². The molecule has 1 fully saturated rings. The van der Waals surface area contributed by atoms with E-state index in [1.165, 1.54) is 7.11 Å². The third-order valence-corrected chi connectivity index (χ3v) is 3.55. The Morgan fingerprint density at radius 2 is 1.86 bits per heavy atom. The lowest BCUT2D eigenvalue weighted by Crippen LogP contribution is -2.31. The molecule has 21 heavy (non-hydrogen) atoms. The van der Waals surface area contributed by atoms with Crippen molar-refractivity contribution < 1.29 is 19.0 Å². The lowest BCUT2D eigenvalue weighted by atomic mass is 10.1. The van der Waals surface area contributed by atoms with Crippen LogP contribution in [0.1, 0.15) is 18.4 Å². The summed E-state index contributed by atoms with van der Waals surface area (Å²) in [5.74, 6) is 1.57. The standard InChI is InChI=1S/C15H18N2O4/c1-19-12-6-10(7-13(20-2)15(12)21-3)9-17-11(8-16)4-5-14(17)18/h6-7,11H,4-5,9H2,1-3H3. The molecule has 1 amide bonds. The Hall–Kier alpha value is -2.42. The van der Waals surface area contributed by atoms with Gasteiger partial charge in [0.1, 0.15) is 6.04 Å². The molecule has 0 N–H and O–H groups in total. The second-order valence-corrected chi connectivity index (χ2v) is 4.74. The molecule has 2 rings (SSSR count). The van der Waals surface area contributed by atoms with E-state index < -0.39 is 0 Å². The highest BCUT2D eigenvalue weighted by atomic mass is 16.5. The van der Waals surface area contributed by atoms with Gasteiger partial charge in [-0.1, -0.05) is 0 Å². The number of ether oxygens (including phenoxy) is 3. The molecule has 6 nitrogen and oxygen atoms in total. The molecule has 1 aromatic carbocycles. The van der Waals surface area contributed by atoms with Crippen LogP contribution in [-0.4, -0.2) is 38.2 Å². The molecule has 1 aliphatic heterocycles. The monoisotopic (exact) mass is 290 g/mol. The summed E-state index contributed by atoms with van der Waals surface area (Å²) in [4.78, 5) is 13.5.